The first kappa shape index (κ1) is 16.0. The lowest BCUT2D eigenvalue weighted by atomic mass is 10.2. The van der Waals surface area contributed by atoms with Crippen molar-refractivity contribution >= 4 is 29.3 Å². The van der Waals surface area contributed by atoms with Crippen LogP contribution >= 0.6 is 23.4 Å². The molecular weight excluding hydrogens is 306 g/mol. The quantitative estimate of drug-likeness (QED) is 0.790. The topological polar surface area (TPSA) is 33.5 Å². The number of carbonyl (C=O) groups excluding carboxylic acids is 1. The average Bonchev–Trinajstić information content (AvgIpc) is 3.00. The van der Waals surface area contributed by atoms with Gasteiger partial charge in [0.1, 0.15) is 5.76 Å². The van der Waals surface area contributed by atoms with E-state index in [4.69, 9.17) is 16.0 Å². The molecule has 0 fully saturated rings. The standard InChI is InChI=1S/C16H18ClNO2S/c1-12(15-7-4-8-20-15)18(2)16(19)11-21-10-13-5-3-6-14(17)9-13/h3-9,12H,10-11H2,1-2H3. The van der Waals surface area contributed by atoms with Gasteiger partial charge in [-0.05, 0) is 36.8 Å². The lowest BCUT2D eigenvalue weighted by Crippen LogP contribution is -2.30. The zero-order valence-corrected chi connectivity index (χ0v) is 13.7. The molecule has 0 radical (unpaired) electrons. The maximum atomic E-state index is 12.2. The van der Waals surface area contributed by atoms with Crippen molar-refractivity contribution in [2.24, 2.45) is 0 Å². The van der Waals surface area contributed by atoms with Gasteiger partial charge in [0.15, 0.2) is 0 Å². The zero-order chi connectivity index (χ0) is 15.2. The van der Waals surface area contributed by atoms with Crippen molar-refractivity contribution < 1.29 is 9.21 Å². The van der Waals surface area contributed by atoms with Crippen LogP contribution in [-0.4, -0.2) is 23.6 Å². The second kappa shape index (κ2) is 7.57. The fourth-order valence-corrected chi connectivity index (χ4v) is 3.03. The summed E-state index contributed by atoms with van der Waals surface area (Å²) in [6.07, 6.45) is 1.62. The molecule has 1 aromatic carbocycles. The highest BCUT2D eigenvalue weighted by molar-refractivity contribution is 7.99. The second-order valence-electron chi connectivity index (χ2n) is 4.82. The third kappa shape index (κ3) is 4.55. The van der Waals surface area contributed by atoms with Gasteiger partial charge in [-0.2, -0.15) is 0 Å². The predicted molar refractivity (Wildman–Crippen MR) is 87.5 cm³/mol. The van der Waals surface area contributed by atoms with Crippen molar-refractivity contribution in [2.45, 2.75) is 18.7 Å². The third-order valence-corrected chi connectivity index (χ3v) is 4.54. The summed E-state index contributed by atoms with van der Waals surface area (Å²) in [5, 5.41) is 0.725. The fourth-order valence-electron chi connectivity index (χ4n) is 1.92. The van der Waals surface area contributed by atoms with Gasteiger partial charge in [-0.25, -0.2) is 0 Å². The Morgan fingerprint density at radius 3 is 2.86 bits per heavy atom. The Kier molecular flexibility index (Phi) is 5.76. The minimum atomic E-state index is -0.0562. The molecule has 2 rings (SSSR count). The summed E-state index contributed by atoms with van der Waals surface area (Å²) in [6.45, 7) is 1.96. The highest BCUT2D eigenvalue weighted by Crippen LogP contribution is 2.21. The Labute approximate surface area is 134 Å². The SMILES string of the molecule is CC(c1ccco1)N(C)C(=O)CSCc1cccc(Cl)c1. The minimum Gasteiger partial charge on any atom is -0.467 e. The minimum absolute atomic E-state index is 0.0562. The van der Waals surface area contributed by atoms with Gasteiger partial charge in [0.05, 0.1) is 18.1 Å². The van der Waals surface area contributed by atoms with Gasteiger partial charge >= 0.3 is 0 Å². The first-order chi connectivity index (χ1) is 10.1. The van der Waals surface area contributed by atoms with E-state index in [0.29, 0.717) is 5.75 Å². The smallest absolute Gasteiger partial charge is 0.232 e. The monoisotopic (exact) mass is 323 g/mol. The number of halogens is 1. The predicted octanol–water partition coefficient (Wildman–Crippen LogP) is 4.39. The Morgan fingerprint density at radius 1 is 1.38 bits per heavy atom. The van der Waals surface area contributed by atoms with E-state index in [9.17, 15) is 4.79 Å². The van der Waals surface area contributed by atoms with E-state index in [-0.39, 0.29) is 11.9 Å². The molecule has 3 nitrogen and oxygen atoms in total. The molecule has 1 aromatic heterocycles. The van der Waals surface area contributed by atoms with Gasteiger partial charge in [0, 0.05) is 17.8 Å². The highest BCUT2D eigenvalue weighted by atomic mass is 35.5. The van der Waals surface area contributed by atoms with Gasteiger partial charge in [-0.3, -0.25) is 4.79 Å². The van der Waals surface area contributed by atoms with E-state index in [2.05, 4.69) is 0 Å². The van der Waals surface area contributed by atoms with Crippen LogP contribution in [0.15, 0.2) is 47.1 Å². The molecule has 0 spiro atoms. The summed E-state index contributed by atoms with van der Waals surface area (Å²) in [5.74, 6) is 2.10. The summed E-state index contributed by atoms with van der Waals surface area (Å²) in [4.78, 5) is 13.9. The van der Waals surface area contributed by atoms with Crippen molar-refractivity contribution in [2.75, 3.05) is 12.8 Å². The van der Waals surface area contributed by atoms with Crippen LogP contribution in [0.25, 0.3) is 0 Å². The number of hydrogen-bond acceptors (Lipinski definition) is 3. The zero-order valence-electron chi connectivity index (χ0n) is 12.1. The van der Waals surface area contributed by atoms with Crippen LogP contribution in [0.3, 0.4) is 0 Å². The van der Waals surface area contributed by atoms with Gasteiger partial charge in [-0.1, -0.05) is 23.7 Å². The summed E-state index contributed by atoms with van der Waals surface area (Å²) < 4.78 is 5.34. The maximum absolute atomic E-state index is 12.2. The molecule has 0 saturated heterocycles. The number of carbonyl (C=O) groups is 1. The normalized spacial score (nSPS) is 12.1. The summed E-state index contributed by atoms with van der Waals surface area (Å²) in [5.41, 5.74) is 1.13. The van der Waals surface area contributed by atoms with Gasteiger partial charge in [0.25, 0.3) is 0 Å². The molecule has 0 N–H and O–H groups in total. The van der Waals surface area contributed by atoms with Crippen molar-refractivity contribution in [3.8, 4) is 0 Å². The number of hydrogen-bond donors (Lipinski definition) is 0. The lowest BCUT2D eigenvalue weighted by molar-refractivity contribution is -0.129. The van der Waals surface area contributed by atoms with Crippen molar-refractivity contribution in [3.63, 3.8) is 0 Å². The first-order valence-electron chi connectivity index (χ1n) is 6.69. The molecule has 5 heteroatoms. The number of benzene rings is 1. The molecule has 0 saturated carbocycles. The molecule has 0 bridgehead atoms. The Morgan fingerprint density at radius 2 is 2.19 bits per heavy atom. The molecule has 1 unspecified atom stereocenters. The molecule has 0 aliphatic rings. The van der Waals surface area contributed by atoms with Crippen LogP contribution in [0, 0.1) is 0 Å². The number of thioether (sulfide) groups is 1. The van der Waals surface area contributed by atoms with E-state index < -0.39 is 0 Å². The van der Waals surface area contributed by atoms with E-state index in [0.717, 1.165) is 22.1 Å². The molecule has 1 heterocycles. The van der Waals surface area contributed by atoms with Crippen LogP contribution in [0.2, 0.25) is 5.02 Å². The van der Waals surface area contributed by atoms with Crippen LogP contribution in [0.1, 0.15) is 24.3 Å². The van der Waals surface area contributed by atoms with Crippen LogP contribution < -0.4 is 0 Å². The van der Waals surface area contributed by atoms with E-state index in [1.165, 1.54) is 0 Å². The molecule has 112 valence electrons. The summed E-state index contributed by atoms with van der Waals surface area (Å²) >= 11 is 7.53. The van der Waals surface area contributed by atoms with Crippen molar-refractivity contribution in [3.05, 3.63) is 59.0 Å². The highest BCUT2D eigenvalue weighted by Gasteiger charge is 2.19. The maximum Gasteiger partial charge on any atom is 0.232 e. The van der Waals surface area contributed by atoms with Crippen LogP contribution in [-0.2, 0) is 10.5 Å². The summed E-state index contributed by atoms with van der Waals surface area (Å²) in [6, 6.07) is 11.4. The molecule has 1 atom stereocenters. The van der Waals surface area contributed by atoms with Crippen molar-refractivity contribution in [1.82, 2.24) is 4.90 Å². The summed E-state index contributed by atoms with van der Waals surface area (Å²) in [7, 11) is 1.80. The molecular formula is C16H18ClNO2S. The van der Waals surface area contributed by atoms with Gasteiger partial charge in [0.2, 0.25) is 5.91 Å². The van der Waals surface area contributed by atoms with Crippen molar-refractivity contribution in [1.29, 1.82) is 0 Å². The molecule has 0 aliphatic carbocycles. The second-order valence-corrected chi connectivity index (χ2v) is 6.24. The molecule has 21 heavy (non-hydrogen) atoms. The fraction of sp³-hybridized carbons (Fsp3) is 0.312. The first-order valence-corrected chi connectivity index (χ1v) is 8.22. The molecule has 1 amide bonds. The number of furan rings is 1. The number of rotatable bonds is 6. The third-order valence-electron chi connectivity index (χ3n) is 3.31. The lowest BCUT2D eigenvalue weighted by Gasteiger charge is -2.23. The van der Waals surface area contributed by atoms with E-state index >= 15 is 0 Å². The molecule has 2 aromatic rings. The Balaban J connectivity index is 1.81. The largest absolute Gasteiger partial charge is 0.467 e. The van der Waals surface area contributed by atoms with Crippen LogP contribution in [0.4, 0.5) is 0 Å². The van der Waals surface area contributed by atoms with E-state index in [1.54, 1.807) is 30.0 Å². The Bertz CT molecular complexity index is 586. The average molecular weight is 324 g/mol. The van der Waals surface area contributed by atoms with Gasteiger partial charge < -0.3 is 9.32 Å². The Hall–Kier alpha value is -1.39. The van der Waals surface area contributed by atoms with Gasteiger partial charge in [-0.15, -0.1) is 11.8 Å². The number of nitrogens with zero attached hydrogens (tertiary/aromatic N) is 1. The molecule has 0 aliphatic heterocycles. The van der Waals surface area contributed by atoms with Crippen LogP contribution in [0.5, 0.6) is 0 Å². The number of amides is 1. The van der Waals surface area contributed by atoms with E-state index in [1.807, 2.05) is 43.3 Å².